The molecule has 0 aromatic carbocycles. The number of esters is 1. The Balaban J connectivity index is 3.06. The molecule has 1 N–H and O–H groups in total. The molecule has 0 aliphatic carbocycles. The lowest BCUT2D eigenvalue weighted by molar-refractivity contribution is -0.147. The van der Waals surface area contributed by atoms with Gasteiger partial charge in [0, 0.05) is 0 Å². The Bertz CT molecular complexity index is 224. The molecule has 0 rings (SSSR count). The highest BCUT2D eigenvalue weighted by atomic mass is 16.5. The van der Waals surface area contributed by atoms with Crippen molar-refractivity contribution in [2.24, 2.45) is 0 Å². The Hall–Kier alpha value is -0.830. The van der Waals surface area contributed by atoms with Crippen molar-refractivity contribution in [2.75, 3.05) is 13.2 Å². The van der Waals surface area contributed by atoms with Crippen LogP contribution in [0.25, 0.3) is 0 Å². The van der Waals surface area contributed by atoms with Crippen LogP contribution in [-0.2, 0) is 9.53 Å². The number of carbonyl (C=O) groups is 1. The summed E-state index contributed by atoms with van der Waals surface area (Å²) in [7, 11) is 0. The topological polar surface area (TPSA) is 46.5 Å². The van der Waals surface area contributed by atoms with Crippen LogP contribution in [0.15, 0.2) is 12.2 Å². The number of aliphatic hydroxyl groups excluding tert-OH is 1. The molecule has 0 aliphatic rings. The quantitative estimate of drug-likeness (QED) is 0.312. The van der Waals surface area contributed by atoms with Gasteiger partial charge in [0.2, 0.25) is 0 Å². The van der Waals surface area contributed by atoms with Crippen molar-refractivity contribution < 1.29 is 14.6 Å². The van der Waals surface area contributed by atoms with Gasteiger partial charge < -0.3 is 9.84 Å². The molecule has 0 unspecified atom stereocenters. The van der Waals surface area contributed by atoms with Crippen LogP contribution >= 0.6 is 0 Å². The molecule has 0 saturated carbocycles. The average Bonchev–Trinajstić information content (AvgIpc) is 2.43. The molecular weight excluding hydrogens is 240 g/mol. The average molecular weight is 270 g/mol. The van der Waals surface area contributed by atoms with Gasteiger partial charge in [0.25, 0.3) is 0 Å². The number of ether oxygens (including phenoxy) is 1. The molecule has 3 nitrogen and oxygen atoms in total. The van der Waals surface area contributed by atoms with E-state index in [9.17, 15) is 4.79 Å². The predicted molar refractivity (Wildman–Crippen MR) is 79.0 cm³/mol. The predicted octanol–water partition coefficient (Wildman–Crippen LogP) is 4.00. The SMILES string of the molecule is CCCC/C=C\CCCCCCCCOC(=O)CO. The van der Waals surface area contributed by atoms with Gasteiger partial charge in [-0.15, -0.1) is 0 Å². The van der Waals surface area contributed by atoms with Gasteiger partial charge in [-0.3, -0.25) is 0 Å². The summed E-state index contributed by atoms with van der Waals surface area (Å²) < 4.78 is 4.78. The molecule has 0 fully saturated rings. The summed E-state index contributed by atoms with van der Waals surface area (Å²) in [5.41, 5.74) is 0. The third-order valence-corrected chi connectivity index (χ3v) is 3.05. The molecule has 0 aromatic rings. The summed E-state index contributed by atoms with van der Waals surface area (Å²) in [5, 5.41) is 8.45. The molecular formula is C16H30O3. The van der Waals surface area contributed by atoms with Crippen molar-refractivity contribution in [1.29, 1.82) is 0 Å². The Morgan fingerprint density at radius 2 is 1.53 bits per heavy atom. The molecule has 0 amide bonds. The Labute approximate surface area is 118 Å². The highest BCUT2D eigenvalue weighted by Gasteiger charge is 1.98. The fourth-order valence-electron chi connectivity index (χ4n) is 1.86. The van der Waals surface area contributed by atoms with Crippen LogP contribution in [0.3, 0.4) is 0 Å². The number of allylic oxidation sites excluding steroid dienone is 2. The third kappa shape index (κ3) is 15.1. The first-order valence-electron chi connectivity index (χ1n) is 7.72. The minimum atomic E-state index is -0.519. The number of rotatable bonds is 13. The molecule has 0 heterocycles. The molecule has 0 bridgehead atoms. The normalized spacial score (nSPS) is 11.1. The Morgan fingerprint density at radius 3 is 2.16 bits per heavy atom. The van der Waals surface area contributed by atoms with Gasteiger partial charge in [-0.1, -0.05) is 57.6 Å². The van der Waals surface area contributed by atoms with E-state index < -0.39 is 12.6 Å². The molecule has 0 atom stereocenters. The van der Waals surface area contributed by atoms with E-state index in [1.807, 2.05) is 0 Å². The lowest BCUT2D eigenvalue weighted by Crippen LogP contribution is -2.09. The van der Waals surface area contributed by atoms with Gasteiger partial charge in [0.05, 0.1) is 6.61 Å². The van der Waals surface area contributed by atoms with Crippen molar-refractivity contribution in [2.45, 2.75) is 71.1 Å². The zero-order valence-electron chi connectivity index (χ0n) is 12.4. The summed E-state index contributed by atoms with van der Waals surface area (Å²) in [6.07, 6.45) is 16.7. The Kier molecular flexibility index (Phi) is 14.6. The van der Waals surface area contributed by atoms with Crippen LogP contribution in [0, 0.1) is 0 Å². The monoisotopic (exact) mass is 270 g/mol. The van der Waals surface area contributed by atoms with Crippen molar-refractivity contribution >= 4 is 5.97 Å². The zero-order chi connectivity index (χ0) is 14.2. The van der Waals surface area contributed by atoms with E-state index in [1.54, 1.807) is 0 Å². The molecule has 0 aliphatic heterocycles. The summed E-state index contributed by atoms with van der Waals surface area (Å²) in [4.78, 5) is 10.6. The lowest BCUT2D eigenvalue weighted by Gasteiger charge is -2.02. The van der Waals surface area contributed by atoms with Gasteiger partial charge in [0.1, 0.15) is 6.61 Å². The van der Waals surface area contributed by atoms with Crippen LogP contribution in [0.4, 0.5) is 0 Å². The van der Waals surface area contributed by atoms with Crippen molar-refractivity contribution in [3.63, 3.8) is 0 Å². The van der Waals surface area contributed by atoms with E-state index >= 15 is 0 Å². The third-order valence-electron chi connectivity index (χ3n) is 3.05. The summed E-state index contributed by atoms with van der Waals surface area (Å²) in [5.74, 6) is -0.519. The van der Waals surface area contributed by atoms with Gasteiger partial charge in [-0.05, 0) is 25.7 Å². The molecule has 0 aromatic heterocycles. The number of hydrogen-bond acceptors (Lipinski definition) is 3. The number of carbonyl (C=O) groups excluding carboxylic acids is 1. The standard InChI is InChI=1S/C16H30O3/c1-2-3-4-5-6-7-8-9-10-11-12-13-14-19-16(18)15-17/h5-6,17H,2-4,7-15H2,1H3/b6-5-. The van der Waals surface area contributed by atoms with E-state index in [1.165, 1.54) is 51.4 Å². The highest BCUT2D eigenvalue weighted by Crippen LogP contribution is 2.08. The minimum Gasteiger partial charge on any atom is -0.464 e. The number of aliphatic hydroxyl groups is 1. The summed E-state index contributed by atoms with van der Waals surface area (Å²) in [6, 6.07) is 0. The van der Waals surface area contributed by atoms with E-state index in [-0.39, 0.29) is 0 Å². The molecule has 0 saturated heterocycles. The fourth-order valence-corrected chi connectivity index (χ4v) is 1.86. The first kappa shape index (κ1) is 18.2. The maximum absolute atomic E-state index is 10.6. The smallest absolute Gasteiger partial charge is 0.331 e. The van der Waals surface area contributed by atoms with Crippen molar-refractivity contribution in [3.8, 4) is 0 Å². The van der Waals surface area contributed by atoms with Gasteiger partial charge in [0.15, 0.2) is 0 Å². The molecule has 112 valence electrons. The van der Waals surface area contributed by atoms with E-state index in [0.717, 1.165) is 12.8 Å². The van der Waals surface area contributed by atoms with Crippen molar-refractivity contribution in [3.05, 3.63) is 12.2 Å². The van der Waals surface area contributed by atoms with Gasteiger partial charge in [-0.25, -0.2) is 4.79 Å². The van der Waals surface area contributed by atoms with E-state index in [2.05, 4.69) is 19.1 Å². The minimum absolute atomic E-state index is 0.444. The van der Waals surface area contributed by atoms with Gasteiger partial charge in [-0.2, -0.15) is 0 Å². The largest absolute Gasteiger partial charge is 0.464 e. The number of unbranched alkanes of at least 4 members (excludes halogenated alkanes) is 8. The molecule has 3 heteroatoms. The second kappa shape index (κ2) is 15.2. The van der Waals surface area contributed by atoms with Crippen LogP contribution < -0.4 is 0 Å². The maximum atomic E-state index is 10.6. The van der Waals surface area contributed by atoms with Crippen molar-refractivity contribution in [1.82, 2.24) is 0 Å². The lowest BCUT2D eigenvalue weighted by atomic mass is 10.1. The van der Waals surface area contributed by atoms with Crippen LogP contribution in [0.5, 0.6) is 0 Å². The summed E-state index contributed by atoms with van der Waals surface area (Å²) >= 11 is 0. The fraction of sp³-hybridized carbons (Fsp3) is 0.812. The van der Waals surface area contributed by atoms with Crippen LogP contribution in [0.2, 0.25) is 0 Å². The summed E-state index contributed by atoms with van der Waals surface area (Å²) in [6.45, 7) is 2.16. The molecule has 0 spiro atoms. The van der Waals surface area contributed by atoms with Crippen LogP contribution in [-0.4, -0.2) is 24.3 Å². The zero-order valence-corrected chi connectivity index (χ0v) is 12.4. The highest BCUT2D eigenvalue weighted by molar-refractivity contribution is 5.70. The second-order valence-electron chi connectivity index (χ2n) is 4.90. The van der Waals surface area contributed by atoms with E-state index in [4.69, 9.17) is 9.84 Å². The first-order valence-corrected chi connectivity index (χ1v) is 7.72. The number of hydrogen-bond donors (Lipinski definition) is 1. The first-order chi connectivity index (χ1) is 9.31. The second-order valence-corrected chi connectivity index (χ2v) is 4.90. The van der Waals surface area contributed by atoms with Crippen LogP contribution in [0.1, 0.15) is 71.1 Å². The maximum Gasteiger partial charge on any atom is 0.331 e. The van der Waals surface area contributed by atoms with E-state index in [0.29, 0.717) is 6.61 Å². The molecule has 19 heavy (non-hydrogen) atoms. The molecule has 0 radical (unpaired) electrons. The Morgan fingerprint density at radius 1 is 0.947 bits per heavy atom. The van der Waals surface area contributed by atoms with Gasteiger partial charge >= 0.3 is 5.97 Å².